The molecule has 0 aliphatic heterocycles. The Bertz CT molecular complexity index is 1080. The fraction of sp³-hybridized carbons (Fsp3) is 0.269. The van der Waals surface area contributed by atoms with Crippen LogP contribution in [-0.2, 0) is 6.42 Å². The molecule has 7 heteroatoms. The van der Waals surface area contributed by atoms with Crippen LogP contribution in [0.5, 0.6) is 5.75 Å². The highest BCUT2D eigenvalue weighted by atomic mass is 19.2. The van der Waals surface area contributed by atoms with Gasteiger partial charge in [0.2, 0.25) is 34.8 Å². The van der Waals surface area contributed by atoms with Crippen LogP contribution >= 0.6 is 0 Å². The van der Waals surface area contributed by atoms with Crippen LogP contribution in [0.4, 0.5) is 22.0 Å². The molecule has 0 aromatic heterocycles. The molecule has 33 heavy (non-hydrogen) atoms. The molecule has 3 aromatic rings. The molecular formula is C26H23F5O2. The summed E-state index contributed by atoms with van der Waals surface area (Å²) in [6, 6.07) is 13.9. The van der Waals surface area contributed by atoms with Gasteiger partial charge in [0.1, 0.15) is 0 Å². The van der Waals surface area contributed by atoms with Crippen LogP contribution < -0.4 is 4.74 Å². The van der Waals surface area contributed by atoms with Gasteiger partial charge in [0, 0.05) is 0 Å². The first-order chi connectivity index (χ1) is 15.8. The van der Waals surface area contributed by atoms with Gasteiger partial charge in [-0.25, -0.2) is 18.0 Å². The smallest absolute Gasteiger partial charge is 0.343 e. The second-order valence-corrected chi connectivity index (χ2v) is 7.73. The van der Waals surface area contributed by atoms with Crippen LogP contribution in [0.25, 0.3) is 11.1 Å². The Kier molecular flexibility index (Phi) is 8.20. The van der Waals surface area contributed by atoms with Crippen molar-refractivity contribution in [3.05, 3.63) is 88.7 Å². The van der Waals surface area contributed by atoms with E-state index < -0.39 is 40.8 Å². The molecule has 0 spiro atoms. The molecule has 0 unspecified atom stereocenters. The van der Waals surface area contributed by atoms with Crippen LogP contribution in [0.2, 0.25) is 0 Å². The predicted molar refractivity (Wildman–Crippen MR) is 116 cm³/mol. The number of hydrogen-bond acceptors (Lipinski definition) is 2. The summed E-state index contributed by atoms with van der Waals surface area (Å²) >= 11 is 0. The molecule has 0 N–H and O–H groups in total. The molecule has 2 nitrogen and oxygen atoms in total. The van der Waals surface area contributed by atoms with E-state index in [4.69, 9.17) is 0 Å². The van der Waals surface area contributed by atoms with Crippen molar-refractivity contribution in [2.45, 2.75) is 45.4 Å². The molecule has 0 heterocycles. The summed E-state index contributed by atoms with van der Waals surface area (Å²) in [7, 11) is 0. The number of benzene rings is 3. The van der Waals surface area contributed by atoms with E-state index in [-0.39, 0.29) is 5.56 Å². The predicted octanol–water partition coefficient (Wildman–Crippen LogP) is 7.78. The second-order valence-electron chi connectivity index (χ2n) is 7.73. The summed E-state index contributed by atoms with van der Waals surface area (Å²) in [5.41, 5.74) is 2.83. The Labute approximate surface area is 189 Å². The molecule has 0 saturated heterocycles. The minimum absolute atomic E-state index is 0.105. The monoisotopic (exact) mass is 462 g/mol. The van der Waals surface area contributed by atoms with Crippen molar-refractivity contribution in [2.75, 3.05) is 0 Å². The van der Waals surface area contributed by atoms with Gasteiger partial charge in [-0.15, -0.1) is 0 Å². The Morgan fingerprint density at radius 2 is 1.15 bits per heavy atom. The van der Waals surface area contributed by atoms with Crippen molar-refractivity contribution < 1.29 is 31.5 Å². The van der Waals surface area contributed by atoms with Gasteiger partial charge < -0.3 is 4.74 Å². The van der Waals surface area contributed by atoms with E-state index in [1.165, 1.54) is 43.4 Å². The molecule has 3 aromatic carbocycles. The topological polar surface area (TPSA) is 26.3 Å². The number of halogens is 5. The summed E-state index contributed by atoms with van der Waals surface area (Å²) in [6.07, 6.45) is 7.06. The zero-order valence-corrected chi connectivity index (χ0v) is 18.1. The Balaban J connectivity index is 1.66. The van der Waals surface area contributed by atoms with E-state index in [0.29, 0.717) is 0 Å². The highest BCUT2D eigenvalue weighted by Crippen LogP contribution is 2.30. The third kappa shape index (κ3) is 5.78. The average Bonchev–Trinajstić information content (AvgIpc) is 2.84. The summed E-state index contributed by atoms with van der Waals surface area (Å²) in [6.45, 7) is 2.18. The van der Waals surface area contributed by atoms with E-state index >= 15 is 0 Å². The van der Waals surface area contributed by atoms with E-state index in [1.807, 2.05) is 24.3 Å². The SMILES string of the molecule is CCCCCCCc1ccc(-c2ccc(C(=O)Oc3c(F)c(F)c(F)c(F)c3F)cc2)cc1. The third-order valence-corrected chi connectivity index (χ3v) is 5.34. The molecule has 0 radical (unpaired) electrons. The number of esters is 1. The van der Waals surface area contributed by atoms with Crippen molar-refractivity contribution in [2.24, 2.45) is 0 Å². The maximum Gasteiger partial charge on any atom is 0.343 e. The first-order valence-corrected chi connectivity index (χ1v) is 10.8. The van der Waals surface area contributed by atoms with E-state index in [2.05, 4.69) is 11.7 Å². The van der Waals surface area contributed by atoms with Gasteiger partial charge in [0.25, 0.3) is 0 Å². The van der Waals surface area contributed by atoms with Gasteiger partial charge >= 0.3 is 5.97 Å². The zero-order chi connectivity index (χ0) is 24.0. The summed E-state index contributed by atoms with van der Waals surface area (Å²) in [4.78, 5) is 12.2. The van der Waals surface area contributed by atoms with Crippen molar-refractivity contribution in [3.8, 4) is 16.9 Å². The lowest BCUT2D eigenvalue weighted by atomic mass is 10.00. The lowest BCUT2D eigenvalue weighted by Crippen LogP contribution is -2.13. The largest absolute Gasteiger partial charge is 0.416 e. The molecule has 0 fully saturated rings. The number of carbonyl (C=O) groups is 1. The zero-order valence-electron chi connectivity index (χ0n) is 18.1. The van der Waals surface area contributed by atoms with Gasteiger partial charge in [-0.3, -0.25) is 0 Å². The maximum atomic E-state index is 13.7. The molecule has 0 atom stereocenters. The molecule has 0 aliphatic rings. The first kappa shape index (κ1) is 24.4. The first-order valence-electron chi connectivity index (χ1n) is 10.8. The Morgan fingerprint density at radius 1 is 0.667 bits per heavy atom. The van der Waals surface area contributed by atoms with Crippen LogP contribution in [0, 0.1) is 29.1 Å². The molecular weight excluding hydrogens is 439 g/mol. The van der Waals surface area contributed by atoms with Crippen molar-refractivity contribution >= 4 is 5.97 Å². The second kappa shape index (κ2) is 11.1. The van der Waals surface area contributed by atoms with Crippen molar-refractivity contribution in [1.82, 2.24) is 0 Å². The molecule has 0 amide bonds. The van der Waals surface area contributed by atoms with E-state index in [9.17, 15) is 26.7 Å². The standard InChI is InChI=1S/C26H23F5O2/c1-2-3-4-5-6-7-16-8-10-17(11-9-16)18-12-14-19(15-13-18)26(32)33-25-23(30)21(28)20(27)22(29)24(25)31/h8-15H,2-7H2,1H3. The fourth-order valence-electron chi connectivity index (χ4n) is 3.42. The lowest BCUT2D eigenvalue weighted by Gasteiger charge is -2.09. The number of carbonyl (C=O) groups excluding carboxylic acids is 1. The summed E-state index contributed by atoms with van der Waals surface area (Å²) in [5.74, 6) is -14.0. The van der Waals surface area contributed by atoms with Crippen LogP contribution in [0.3, 0.4) is 0 Å². The molecule has 0 aliphatic carbocycles. The summed E-state index contributed by atoms with van der Waals surface area (Å²) in [5, 5.41) is 0. The van der Waals surface area contributed by atoms with Gasteiger partial charge in [-0.1, -0.05) is 69.0 Å². The van der Waals surface area contributed by atoms with Crippen molar-refractivity contribution in [1.29, 1.82) is 0 Å². The Hall–Kier alpha value is -3.22. The van der Waals surface area contributed by atoms with Gasteiger partial charge in [-0.05, 0) is 41.7 Å². The number of unbranched alkanes of at least 4 members (excludes halogenated alkanes) is 4. The number of rotatable bonds is 9. The van der Waals surface area contributed by atoms with Crippen molar-refractivity contribution in [3.63, 3.8) is 0 Å². The molecule has 174 valence electrons. The number of ether oxygens (including phenoxy) is 1. The fourth-order valence-corrected chi connectivity index (χ4v) is 3.42. The quantitative estimate of drug-likeness (QED) is 0.0811. The molecule has 3 rings (SSSR count). The Morgan fingerprint density at radius 3 is 1.70 bits per heavy atom. The summed E-state index contributed by atoms with van der Waals surface area (Å²) < 4.78 is 71.6. The van der Waals surface area contributed by atoms with Gasteiger partial charge in [0.05, 0.1) is 5.56 Å². The molecule has 0 bridgehead atoms. The minimum atomic E-state index is -2.32. The lowest BCUT2D eigenvalue weighted by molar-refractivity contribution is 0.0716. The average molecular weight is 462 g/mol. The number of hydrogen-bond donors (Lipinski definition) is 0. The highest BCUT2D eigenvalue weighted by Gasteiger charge is 2.28. The van der Waals surface area contributed by atoms with E-state index in [0.717, 1.165) is 24.0 Å². The third-order valence-electron chi connectivity index (χ3n) is 5.34. The van der Waals surface area contributed by atoms with Crippen LogP contribution in [0.1, 0.15) is 54.9 Å². The van der Waals surface area contributed by atoms with Gasteiger partial charge in [-0.2, -0.15) is 8.78 Å². The van der Waals surface area contributed by atoms with Crippen LogP contribution in [0.15, 0.2) is 48.5 Å². The van der Waals surface area contributed by atoms with Gasteiger partial charge in [0.15, 0.2) is 0 Å². The number of aryl methyl sites for hydroxylation is 1. The minimum Gasteiger partial charge on any atom is -0.416 e. The highest BCUT2D eigenvalue weighted by molar-refractivity contribution is 5.91. The van der Waals surface area contributed by atoms with E-state index in [1.54, 1.807) is 12.1 Å². The normalized spacial score (nSPS) is 11.0. The molecule has 0 saturated carbocycles. The van der Waals surface area contributed by atoms with Crippen LogP contribution in [-0.4, -0.2) is 5.97 Å². The maximum absolute atomic E-state index is 13.7.